The van der Waals surface area contributed by atoms with E-state index < -0.39 is 53.7 Å². The third-order valence-corrected chi connectivity index (χ3v) is 5.38. The van der Waals surface area contributed by atoms with Gasteiger partial charge in [-0.25, -0.2) is 9.59 Å². The fraction of sp³-hybridized carbons (Fsp3) is 0.419. The first-order valence-corrected chi connectivity index (χ1v) is 13.0. The minimum absolute atomic E-state index is 0.159. The highest BCUT2D eigenvalue weighted by atomic mass is 16.6. The van der Waals surface area contributed by atoms with E-state index in [0.29, 0.717) is 5.56 Å². The van der Waals surface area contributed by atoms with Crippen molar-refractivity contribution in [3.8, 4) is 12.5 Å². The van der Waals surface area contributed by atoms with Gasteiger partial charge in [-0.3, -0.25) is 14.5 Å². The number of benzene rings is 2. The second kappa shape index (κ2) is 13.7. The van der Waals surface area contributed by atoms with Gasteiger partial charge in [-0.05, 0) is 59.6 Å². The molecule has 214 valence electrons. The largest absolute Gasteiger partial charge is 0.458 e. The van der Waals surface area contributed by atoms with Crippen LogP contribution in [-0.4, -0.2) is 52.6 Å². The van der Waals surface area contributed by atoms with Crippen LogP contribution in [0.2, 0.25) is 0 Å². The van der Waals surface area contributed by atoms with Crippen molar-refractivity contribution in [3.63, 3.8) is 0 Å². The molecule has 2 rings (SSSR count). The summed E-state index contributed by atoms with van der Waals surface area (Å²) in [6.45, 7) is 11.6. The van der Waals surface area contributed by atoms with Gasteiger partial charge in [0.25, 0.3) is 5.91 Å². The standard InChI is InChI=1S/C31H39N3O6/c1-9-34(25(35)20-32-29(38)40-31(6,7)8)26(23-17-15-21(2)16-18-23)27(36)33-24(28(37)39-30(3,4)5)19-22-13-11-10-12-14-22/h1,10-18,24,26H,19-20H2,2-8H3,(H,32,38)(H,33,36). The second-order valence-electron chi connectivity index (χ2n) is 11.3. The van der Waals surface area contributed by atoms with Gasteiger partial charge in [0.1, 0.15) is 29.8 Å². The highest BCUT2D eigenvalue weighted by molar-refractivity contribution is 5.93. The van der Waals surface area contributed by atoms with E-state index in [1.807, 2.05) is 37.3 Å². The summed E-state index contributed by atoms with van der Waals surface area (Å²) < 4.78 is 10.8. The predicted molar refractivity (Wildman–Crippen MR) is 152 cm³/mol. The van der Waals surface area contributed by atoms with Gasteiger partial charge in [0, 0.05) is 12.5 Å². The molecule has 0 aliphatic heterocycles. The van der Waals surface area contributed by atoms with Crippen LogP contribution in [0, 0.1) is 19.4 Å². The Morgan fingerprint density at radius 2 is 1.48 bits per heavy atom. The van der Waals surface area contributed by atoms with Gasteiger partial charge >= 0.3 is 12.1 Å². The molecular formula is C31H39N3O6. The topological polar surface area (TPSA) is 114 Å². The summed E-state index contributed by atoms with van der Waals surface area (Å²) in [5.41, 5.74) is 0.607. The summed E-state index contributed by atoms with van der Waals surface area (Å²) in [4.78, 5) is 53.1. The number of terminal acetylenes is 1. The van der Waals surface area contributed by atoms with Crippen molar-refractivity contribution in [2.24, 2.45) is 0 Å². The van der Waals surface area contributed by atoms with E-state index in [9.17, 15) is 19.2 Å². The number of nitrogens with zero attached hydrogens (tertiary/aromatic N) is 1. The van der Waals surface area contributed by atoms with Crippen LogP contribution in [0.1, 0.15) is 64.3 Å². The van der Waals surface area contributed by atoms with E-state index in [0.717, 1.165) is 16.0 Å². The van der Waals surface area contributed by atoms with Gasteiger partial charge in [0.2, 0.25) is 5.91 Å². The summed E-state index contributed by atoms with van der Waals surface area (Å²) in [5.74, 6) is -2.03. The molecule has 2 unspecified atom stereocenters. The Balaban J connectivity index is 2.38. The third kappa shape index (κ3) is 10.4. The zero-order valence-corrected chi connectivity index (χ0v) is 24.2. The maximum atomic E-state index is 13.8. The van der Waals surface area contributed by atoms with Crippen LogP contribution in [0.3, 0.4) is 0 Å². The van der Waals surface area contributed by atoms with Crippen molar-refractivity contribution in [1.82, 2.24) is 15.5 Å². The van der Waals surface area contributed by atoms with Gasteiger partial charge in [0.05, 0.1) is 0 Å². The Morgan fingerprint density at radius 3 is 2.00 bits per heavy atom. The molecule has 40 heavy (non-hydrogen) atoms. The number of hydrogen-bond acceptors (Lipinski definition) is 6. The van der Waals surface area contributed by atoms with Gasteiger partial charge < -0.3 is 20.1 Å². The number of amides is 3. The molecule has 0 saturated heterocycles. The van der Waals surface area contributed by atoms with E-state index in [1.54, 1.807) is 65.8 Å². The maximum Gasteiger partial charge on any atom is 0.408 e. The Morgan fingerprint density at radius 1 is 0.900 bits per heavy atom. The number of rotatable bonds is 9. The number of aryl methyl sites for hydroxylation is 1. The molecule has 9 nitrogen and oxygen atoms in total. The van der Waals surface area contributed by atoms with Crippen LogP contribution in [0.25, 0.3) is 0 Å². The van der Waals surface area contributed by atoms with Crippen LogP contribution in [0.15, 0.2) is 54.6 Å². The fourth-order valence-electron chi connectivity index (χ4n) is 3.67. The molecule has 0 radical (unpaired) electrons. The minimum atomic E-state index is -1.29. The van der Waals surface area contributed by atoms with E-state index in [-0.39, 0.29) is 6.42 Å². The average molecular weight is 550 g/mol. The third-order valence-electron chi connectivity index (χ3n) is 5.38. The van der Waals surface area contributed by atoms with Gasteiger partial charge in [-0.2, -0.15) is 0 Å². The lowest BCUT2D eigenvalue weighted by Crippen LogP contribution is -2.51. The number of ether oxygens (including phenoxy) is 2. The molecule has 3 amide bonds. The molecule has 2 aromatic carbocycles. The molecule has 0 heterocycles. The molecule has 2 atom stereocenters. The smallest absolute Gasteiger partial charge is 0.408 e. The number of nitrogens with one attached hydrogen (secondary N) is 2. The van der Waals surface area contributed by atoms with Gasteiger partial charge in [-0.1, -0.05) is 66.6 Å². The summed E-state index contributed by atoms with van der Waals surface area (Å²) >= 11 is 0. The molecular weight excluding hydrogens is 510 g/mol. The lowest BCUT2D eigenvalue weighted by Gasteiger charge is -2.29. The first kappa shape index (κ1) is 31.9. The molecule has 2 aromatic rings. The van der Waals surface area contributed by atoms with E-state index in [4.69, 9.17) is 15.9 Å². The lowest BCUT2D eigenvalue weighted by atomic mass is 10.0. The van der Waals surface area contributed by atoms with Crippen molar-refractivity contribution < 1.29 is 28.7 Å². The molecule has 2 N–H and O–H groups in total. The molecule has 0 fully saturated rings. The maximum absolute atomic E-state index is 13.8. The Bertz CT molecular complexity index is 1220. The van der Waals surface area contributed by atoms with Crippen LogP contribution >= 0.6 is 0 Å². The van der Waals surface area contributed by atoms with E-state index >= 15 is 0 Å². The first-order valence-electron chi connectivity index (χ1n) is 13.0. The van der Waals surface area contributed by atoms with E-state index in [1.165, 1.54) is 0 Å². The van der Waals surface area contributed by atoms with Gasteiger partial charge in [0.15, 0.2) is 0 Å². The molecule has 0 spiro atoms. The minimum Gasteiger partial charge on any atom is -0.458 e. The van der Waals surface area contributed by atoms with Crippen LogP contribution < -0.4 is 10.6 Å². The van der Waals surface area contributed by atoms with Crippen LogP contribution in [-0.2, 0) is 30.3 Å². The number of carbonyl (C=O) groups excluding carboxylic acids is 4. The quantitative estimate of drug-likeness (QED) is 0.277. The Hall–Kier alpha value is -4.32. The van der Waals surface area contributed by atoms with Crippen molar-refractivity contribution in [2.75, 3.05) is 6.54 Å². The molecule has 0 bridgehead atoms. The molecule has 0 aliphatic carbocycles. The van der Waals surface area contributed by atoms with E-state index in [2.05, 4.69) is 16.7 Å². The van der Waals surface area contributed by atoms with Crippen molar-refractivity contribution in [1.29, 1.82) is 0 Å². The fourth-order valence-corrected chi connectivity index (χ4v) is 3.67. The summed E-state index contributed by atoms with van der Waals surface area (Å²) in [6, 6.07) is 16.0. The number of alkyl carbamates (subject to hydrolysis) is 1. The van der Waals surface area contributed by atoms with Crippen molar-refractivity contribution in [3.05, 3.63) is 71.3 Å². The Labute approximate surface area is 236 Å². The lowest BCUT2D eigenvalue weighted by molar-refractivity contribution is -0.159. The second-order valence-corrected chi connectivity index (χ2v) is 11.3. The summed E-state index contributed by atoms with van der Waals surface area (Å²) in [5, 5.41) is 5.12. The number of hydrogen-bond donors (Lipinski definition) is 2. The highest BCUT2D eigenvalue weighted by Crippen LogP contribution is 2.23. The summed E-state index contributed by atoms with van der Waals surface area (Å²) in [7, 11) is 0. The molecule has 9 heteroatoms. The normalized spacial score (nSPS) is 12.8. The van der Waals surface area contributed by atoms with Crippen molar-refractivity contribution in [2.45, 2.75) is 78.2 Å². The molecule has 0 aromatic heterocycles. The molecule has 0 aliphatic rings. The monoisotopic (exact) mass is 549 g/mol. The Kier molecular flexibility index (Phi) is 10.9. The SMILES string of the molecule is C#CN(C(=O)CNC(=O)OC(C)(C)C)C(C(=O)NC(Cc1ccccc1)C(=O)OC(C)(C)C)c1ccc(C)cc1. The van der Waals surface area contributed by atoms with Gasteiger partial charge in [-0.15, -0.1) is 0 Å². The van der Waals surface area contributed by atoms with Crippen LogP contribution in [0.5, 0.6) is 0 Å². The zero-order chi connectivity index (χ0) is 30.1. The summed E-state index contributed by atoms with van der Waals surface area (Å²) in [6.07, 6.45) is 5.08. The first-order chi connectivity index (χ1) is 18.6. The number of esters is 1. The van der Waals surface area contributed by atoms with Crippen molar-refractivity contribution >= 4 is 23.9 Å². The highest BCUT2D eigenvalue weighted by Gasteiger charge is 2.35. The van der Waals surface area contributed by atoms with Crippen LogP contribution in [0.4, 0.5) is 4.79 Å². The predicted octanol–water partition coefficient (Wildman–Crippen LogP) is 4.05. The average Bonchev–Trinajstić information content (AvgIpc) is 2.84. The zero-order valence-electron chi connectivity index (χ0n) is 24.2. The molecule has 0 saturated carbocycles. The number of carbonyl (C=O) groups is 4.